The second-order valence-corrected chi connectivity index (χ2v) is 4.85. The van der Waals surface area contributed by atoms with Crippen molar-refractivity contribution >= 4 is 11.1 Å². The Labute approximate surface area is 133 Å². The Morgan fingerprint density at radius 1 is 0.826 bits per heavy atom. The van der Waals surface area contributed by atoms with Crippen molar-refractivity contribution in [3.05, 3.63) is 72.1 Å². The van der Waals surface area contributed by atoms with Gasteiger partial charge in [0.15, 0.2) is 0 Å². The number of rotatable bonds is 2. The van der Waals surface area contributed by atoms with Crippen molar-refractivity contribution in [2.45, 2.75) is 0 Å². The third-order valence-electron chi connectivity index (χ3n) is 3.59. The Morgan fingerprint density at radius 3 is 2.17 bits per heavy atom. The van der Waals surface area contributed by atoms with Crippen molar-refractivity contribution in [3.63, 3.8) is 0 Å². The van der Waals surface area contributed by atoms with E-state index < -0.39 is 0 Å². The van der Waals surface area contributed by atoms with Gasteiger partial charge >= 0.3 is 0 Å². The van der Waals surface area contributed by atoms with E-state index in [1.165, 1.54) is 0 Å². The number of hydrogen-bond donors (Lipinski definition) is 0. The van der Waals surface area contributed by atoms with Gasteiger partial charge < -0.3 is 4.40 Å². The lowest BCUT2D eigenvalue weighted by Crippen LogP contribution is -1.95. The molecule has 4 heteroatoms. The van der Waals surface area contributed by atoms with E-state index in [0.717, 1.165) is 16.6 Å². The molecule has 0 radical (unpaired) electrons. The molecule has 0 saturated heterocycles. The molecule has 0 aliphatic carbocycles. The smallest absolute Gasteiger partial charge is 0.149 e. The molecule has 3 aromatic rings. The van der Waals surface area contributed by atoms with Gasteiger partial charge in [-0.15, -0.1) is 0 Å². The summed E-state index contributed by atoms with van der Waals surface area (Å²) in [4.78, 5) is 0. The molecule has 0 spiro atoms. The van der Waals surface area contributed by atoms with Crippen molar-refractivity contribution in [3.8, 4) is 29.3 Å². The fourth-order valence-electron chi connectivity index (χ4n) is 2.58. The van der Waals surface area contributed by atoms with Gasteiger partial charge in [-0.1, -0.05) is 36.4 Å². The second kappa shape index (κ2) is 5.90. The molecule has 0 amide bonds. The summed E-state index contributed by atoms with van der Waals surface area (Å²) in [5, 5.41) is 27.9. The van der Waals surface area contributed by atoms with Crippen LogP contribution in [-0.4, -0.2) is 4.40 Å². The maximum Gasteiger partial charge on any atom is 0.149 e. The molecule has 0 bridgehead atoms. The van der Waals surface area contributed by atoms with E-state index in [9.17, 15) is 5.26 Å². The quantitative estimate of drug-likeness (QED) is 0.672. The van der Waals surface area contributed by atoms with Gasteiger partial charge in [0.1, 0.15) is 29.4 Å². The van der Waals surface area contributed by atoms with Crippen LogP contribution in [-0.2, 0) is 0 Å². The van der Waals surface area contributed by atoms with Crippen LogP contribution in [0.4, 0.5) is 0 Å². The number of fused-ring (bicyclic) bond motifs is 1. The summed E-state index contributed by atoms with van der Waals surface area (Å²) in [5.41, 5.74) is 3.09. The molecule has 2 heterocycles. The van der Waals surface area contributed by atoms with Crippen LogP contribution in [0.5, 0.6) is 0 Å². The van der Waals surface area contributed by atoms with E-state index >= 15 is 0 Å². The maximum absolute atomic E-state index is 9.54. The number of aromatic nitrogens is 1. The lowest BCUT2D eigenvalue weighted by atomic mass is 9.99. The molecule has 23 heavy (non-hydrogen) atoms. The molecule has 4 nitrogen and oxygen atoms in total. The van der Waals surface area contributed by atoms with Crippen LogP contribution in [0.25, 0.3) is 22.2 Å². The molecular formula is C19H10N4. The first kappa shape index (κ1) is 14.1. The van der Waals surface area contributed by atoms with Crippen LogP contribution in [0.15, 0.2) is 66.4 Å². The topological polar surface area (TPSA) is 75.8 Å². The summed E-state index contributed by atoms with van der Waals surface area (Å²) in [6, 6.07) is 22.9. The highest BCUT2D eigenvalue weighted by atomic mass is 14.9. The first-order chi connectivity index (χ1) is 11.3. The molecule has 0 fully saturated rings. The molecule has 3 rings (SSSR count). The van der Waals surface area contributed by atoms with E-state index in [0.29, 0.717) is 5.69 Å². The van der Waals surface area contributed by atoms with Gasteiger partial charge in [-0.2, -0.15) is 15.8 Å². The van der Waals surface area contributed by atoms with Gasteiger partial charge in [-0.05, 0) is 23.8 Å². The Kier molecular flexibility index (Phi) is 3.63. The normalized spacial score (nSPS) is 9.61. The zero-order valence-corrected chi connectivity index (χ0v) is 12.1. The molecule has 0 saturated carbocycles. The van der Waals surface area contributed by atoms with Gasteiger partial charge in [0, 0.05) is 17.3 Å². The highest BCUT2D eigenvalue weighted by molar-refractivity contribution is 5.93. The van der Waals surface area contributed by atoms with Gasteiger partial charge in [-0.3, -0.25) is 0 Å². The SMILES string of the molecule is N#CC(C#N)=C(C#N)c1c(-c2ccccc2)cc2ccccn12. The summed E-state index contributed by atoms with van der Waals surface area (Å²) in [6.45, 7) is 0. The predicted octanol–water partition coefficient (Wildman–Crippen LogP) is 3.93. The minimum absolute atomic E-state index is 0.0834. The Hall–Kier alpha value is -3.81. The highest BCUT2D eigenvalue weighted by Gasteiger charge is 2.19. The van der Waals surface area contributed by atoms with Crippen LogP contribution in [0.1, 0.15) is 5.69 Å². The zero-order valence-electron chi connectivity index (χ0n) is 12.1. The molecule has 106 valence electrons. The molecule has 0 aliphatic rings. The Bertz CT molecular complexity index is 1020. The molecule has 1 aromatic carbocycles. The lowest BCUT2D eigenvalue weighted by molar-refractivity contribution is 1.17. The van der Waals surface area contributed by atoms with Crippen molar-refractivity contribution in [1.82, 2.24) is 4.40 Å². The van der Waals surface area contributed by atoms with Crippen molar-refractivity contribution in [2.75, 3.05) is 0 Å². The first-order valence-corrected chi connectivity index (χ1v) is 6.90. The average molecular weight is 294 g/mol. The molecule has 0 unspecified atom stereocenters. The minimum atomic E-state index is -0.187. The third kappa shape index (κ3) is 2.33. The van der Waals surface area contributed by atoms with Crippen LogP contribution < -0.4 is 0 Å². The fraction of sp³-hybridized carbons (Fsp3) is 0. The van der Waals surface area contributed by atoms with Crippen LogP contribution in [0.3, 0.4) is 0 Å². The van der Waals surface area contributed by atoms with Crippen molar-refractivity contribution < 1.29 is 0 Å². The number of allylic oxidation sites excluding steroid dienone is 2. The van der Waals surface area contributed by atoms with E-state index in [-0.39, 0.29) is 11.1 Å². The lowest BCUT2D eigenvalue weighted by Gasteiger charge is -2.06. The Balaban J connectivity index is 2.45. The van der Waals surface area contributed by atoms with E-state index in [1.807, 2.05) is 83.4 Å². The van der Waals surface area contributed by atoms with Gasteiger partial charge in [0.05, 0.1) is 5.69 Å². The molecule has 2 aromatic heterocycles. The van der Waals surface area contributed by atoms with E-state index in [4.69, 9.17) is 10.5 Å². The molecule has 0 N–H and O–H groups in total. The van der Waals surface area contributed by atoms with Gasteiger partial charge in [-0.25, -0.2) is 0 Å². The number of hydrogen-bond acceptors (Lipinski definition) is 3. The molecule has 0 atom stereocenters. The summed E-state index contributed by atoms with van der Waals surface area (Å²) < 4.78 is 1.83. The average Bonchev–Trinajstić information content (AvgIpc) is 2.99. The monoisotopic (exact) mass is 294 g/mol. The summed E-state index contributed by atoms with van der Waals surface area (Å²) >= 11 is 0. The third-order valence-corrected chi connectivity index (χ3v) is 3.59. The predicted molar refractivity (Wildman–Crippen MR) is 86.6 cm³/mol. The summed E-state index contributed by atoms with van der Waals surface area (Å²) in [7, 11) is 0. The van der Waals surface area contributed by atoms with E-state index in [1.54, 1.807) is 0 Å². The summed E-state index contributed by atoms with van der Waals surface area (Å²) in [6.07, 6.45) is 1.82. The highest BCUT2D eigenvalue weighted by Crippen LogP contribution is 2.33. The number of pyridine rings is 1. The van der Waals surface area contributed by atoms with Crippen molar-refractivity contribution in [1.29, 1.82) is 15.8 Å². The fourth-order valence-corrected chi connectivity index (χ4v) is 2.58. The van der Waals surface area contributed by atoms with E-state index in [2.05, 4.69) is 0 Å². The van der Waals surface area contributed by atoms with Crippen molar-refractivity contribution in [2.24, 2.45) is 0 Å². The summed E-state index contributed by atoms with van der Waals surface area (Å²) in [5.74, 6) is 0. The second-order valence-electron chi connectivity index (χ2n) is 4.85. The van der Waals surface area contributed by atoms with Gasteiger partial charge in [0.2, 0.25) is 0 Å². The number of nitriles is 3. The Morgan fingerprint density at radius 2 is 1.52 bits per heavy atom. The zero-order chi connectivity index (χ0) is 16.2. The van der Waals surface area contributed by atoms with Gasteiger partial charge in [0.25, 0.3) is 0 Å². The van der Waals surface area contributed by atoms with Crippen LogP contribution in [0.2, 0.25) is 0 Å². The largest absolute Gasteiger partial charge is 0.315 e. The molecule has 0 aliphatic heterocycles. The van der Waals surface area contributed by atoms with Crippen LogP contribution >= 0.6 is 0 Å². The number of benzene rings is 1. The minimum Gasteiger partial charge on any atom is -0.315 e. The number of nitrogens with zero attached hydrogens (tertiary/aromatic N) is 4. The maximum atomic E-state index is 9.54. The standard InChI is InChI=1S/C19H10N4/c20-11-15(12-21)18(13-22)19-17(14-6-2-1-3-7-14)10-16-8-4-5-9-23(16)19/h1-10H. The molecular weight excluding hydrogens is 284 g/mol. The first-order valence-electron chi connectivity index (χ1n) is 6.90. The van der Waals surface area contributed by atoms with Crippen LogP contribution in [0, 0.1) is 34.0 Å².